The molecule has 0 saturated carbocycles. The van der Waals surface area contributed by atoms with Crippen molar-refractivity contribution in [1.82, 2.24) is 4.98 Å². The standard InChI is InChI=1S/C32H21F3N.C15H28O2.Ir/c1-19-13-20(2)15-26(14-19)31-30-10-7-25-17-23(6-9-28(25)29(30)11-12-36-31)21-3-4-24-18-27(32(33,34)35)8-5-22(24)16-21;1-7-14(5,8-2)12(16)11-13(17)15(6,9-3)10-4;/h3-14,16-18H,1-2H3;11,16H,7-10H2,1-6H3;/q-1;;/p+1/b;12-11-;. The monoisotopic (exact) mass is 910 g/mol. The quantitative estimate of drug-likeness (QED) is 0.0517. The van der Waals surface area contributed by atoms with Gasteiger partial charge in [-0.2, -0.15) is 13.2 Å². The number of pyridine rings is 1. The first-order valence-electron chi connectivity index (χ1n) is 18.5. The van der Waals surface area contributed by atoms with Gasteiger partial charge in [0.15, 0.2) is 0 Å². The summed E-state index contributed by atoms with van der Waals surface area (Å²) in [5.74, 6) is 0.598. The summed E-state index contributed by atoms with van der Waals surface area (Å²) < 4.78 is 39.2. The van der Waals surface area contributed by atoms with Gasteiger partial charge in [-0.3, -0.25) is 4.79 Å². The molecule has 0 aliphatic carbocycles. The van der Waals surface area contributed by atoms with Gasteiger partial charge >= 0.3 is 12.0 Å². The van der Waals surface area contributed by atoms with Crippen LogP contribution < -0.4 is 0 Å². The number of nitrogens with zero attached hydrogens (tertiary/aromatic N) is 1. The van der Waals surface area contributed by atoms with Gasteiger partial charge in [0.05, 0.1) is 17.1 Å². The van der Waals surface area contributed by atoms with Crippen LogP contribution in [0.1, 0.15) is 83.9 Å². The Morgan fingerprint density at radius 3 is 1.87 bits per heavy atom. The summed E-state index contributed by atoms with van der Waals surface area (Å²) in [6, 6.07) is 29.6. The molecule has 0 aliphatic heterocycles. The number of benzene rings is 5. The second-order valence-corrected chi connectivity index (χ2v) is 14.7. The Morgan fingerprint density at radius 2 is 1.26 bits per heavy atom. The fourth-order valence-corrected chi connectivity index (χ4v) is 6.72. The van der Waals surface area contributed by atoms with Crippen molar-refractivity contribution in [2.75, 3.05) is 0 Å². The summed E-state index contributed by atoms with van der Waals surface area (Å²) in [7, 11) is 0. The topological polar surface area (TPSA) is 54.5 Å². The molecule has 54 heavy (non-hydrogen) atoms. The largest absolute Gasteiger partial charge is 0.511 e. The van der Waals surface area contributed by atoms with Crippen LogP contribution in [0.25, 0.3) is 54.7 Å². The average Bonchev–Trinajstić information content (AvgIpc) is 3.15. The van der Waals surface area contributed by atoms with Gasteiger partial charge in [0.25, 0.3) is 0 Å². The first-order chi connectivity index (χ1) is 25.0. The van der Waals surface area contributed by atoms with Gasteiger partial charge in [-0.25, -0.2) is 0 Å². The molecule has 0 fully saturated rings. The van der Waals surface area contributed by atoms with Crippen LogP contribution in [0.3, 0.4) is 0 Å². The summed E-state index contributed by atoms with van der Waals surface area (Å²) in [4.78, 5) is 14.9. The van der Waals surface area contributed by atoms with Crippen LogP contribution in [-0.4, -0.2) is 20.7 Å². The van der Waals surface area contributed by atoms with E-state index in [0.29, 0.717) is 16.9 Å². The van der Waals surface area contributed by atoms with E-state index in [1.54, 1.807) is 12.1 Å². The van der Waals surface area contributed by atoms with Crippen LogP contribution in [0.4, 0.5) is 13.2 Å². The number of alkyl halides is 3. The van der Waals surface area contributed by atoms with Crippen molar-refractivity contribution in [1.29, 1.82) is 0 Å². The molecule has 285 valence electrons. The third-order valence-electron chi connectivity index (χ3n) is 11.3. The van der Waals surface area contributed by atoms with Gasteiger partial charge in [-0.05, 0) is 112 Å². The Morgan fingerprint density at radius 1 is 0.704 bits per heavy atom. The van der Waals surface area contributed by atoms with Crippen molar-refractivity contribution in [3.63, 3.8) is 0 Å². The molecule has 5 aromatic carbocycles. The number of aromatic nitrogens is 1. The van der Waals surface area contributed by atoms with E-state index in [-0.39, 0.29) is 30.9 Å². The predicted molar refractivity (Wildman–Crippen MR) is 216 cm³/mol. The number of hydrogen-bond donors (Lipinski definition) is 1. The summed E-state index contributed by atoms with van der Waals surface area (Å²) in [5, 5.41) is 15.9. The molecule has 0 aliphatic rings. The van der Waals surface area contributed by atoms with E-state index in [9.17, 15) is 23.1 Å². The smallest absolute Gasteiger partial charge is 0.416 e. The molecular weight excluding hydrogens is 860 g/mol. The van der Waals surface area contributed by atoms with E-state index < -0.39 is 11.7 Å². The minimum absolute atomic E-state index is 0. The van der Waals surface area contributed by atoms with E-state index in [0.717, 1.165) is 86.6 Å². The number of rotatable bonds is 9. The maximum absolute atomic E-state index is 13.1. The molecule has 3 nitrogen and oxygen atoms in total. The number of carbonyl (C=O) groups excluding carboxylic acids is 1. The SMILES string of the molecule is CCC(C)(CC)C(=[OH+])/C=C(\O)C(C)(CC)CC.Cc1[c-]c(-c2nccc3c2ccc2cc(-c4ccc5cc(C(F)(F)F)ccc5c4)ccc23)cc(C)c1.[Ir]. The minimum atomic E-state index is -4.35. The number of hydrogen-bond acceptors (Lipinski definition) is 2. The van der Waals surface area contributed by atoms with E-state index in [1.807, 2.05) is 45.2 Å². The van der Waals surface area contributed by atoms with Gasteiger partial charge < -0.3 is 10.1 Å². The molecule has 0 spiro atoms. The Hall–Kier alpha value is -4.32. The third kappa shape index (κ3) is 8.96. The Labute approximate surface area is 331 Å². The van der Waals surface area contributed by atoms with E-state index >= 15 is 0 Å². The molecule has 0 bridgehead atoms. The zero-order valence-corrected chi connectivity index (χ0v) is 34.8. The molecule has 6 aromatic rings. The third-order valence-corrected chi connectivity index (χ3v) is 11.3. The first kappa shape index (κ1) is 42.4. The normalized spacial score (nSPS) is 12.4. The summed E-state index contributed by atoms with van der Waals surface area (Å²) in [6.45, 7) is 16.4. The molecule has 0 atom stereocenters. The van der Waals surface area contributed by atoms with Crippen molar-refractivity contribution in [2.24, 2.45) is 10.8 Å². The predicted octanol–water partition coefficient (Wildman–Crippen LogP) is 13.9. The molecule has 1 aromatic heterocycles. The second kappa shape index (κ2) is 17.0. The number of aryl methyl sites for hydroxylation is 2. The van der Waals surface area contributed by atoms with Crippen LogP contribution in [-0.2, 0) is 26.3 Å². The minimum Gasteiger partial charge on any atom is -0.511 e. The molecular formula is C47H50F3IrNO2. The fourth-order valence-electron chi connectivity index (χ4n) is 6.72. The van der Waals surface area contributed by atoms with E-state index in [2.05, 4.69) is 88.1 Å². The molecule has 0 unspecified atom stereocenters. The van der Waals surface area contributed by atoms with E-state index in [1.165, 1.54) is 17.7 Å². The van der Waals surface area contributed by atoms with Crippen molar-refractivity contribution in [3.05, 3.63) is 126 Å². The zero-order chi connectivity index (χ0) is 38.7. The summed E-state index contributed by atoms with van der Waals surface area (Å²) in [6.07, 6.45) is 2.54. The van der Waals surface area contributed by atoms with Gasteiger partial charge in [-0.15, -0.1) is 34.9 Å². The Bertz CT molecular complexity index is 2300. The number of fused-ring (bicyclic) bond motifs is 4. The molecule has 6 rings (SSSR count). The molecule has 0 amide bonds. The van der Waals surface area contributed by atoms with Gasteiger partial charge in [0.1, 0.15) is 5.76 Å². The molecule has 7 heteroatoms. The number of aliphatic hydroxyl groups excluding tert-OH is 1. The van der Waals surface area contributed by atoms with Crippen molar-refractivity contribution < 1.29 is 43.2 Å². The maximum atomic E-state index is 13.1. The second-order valence-electron chi connectivity index (χ2n) is 14.7. The Balaban J connectivity index is 0.000000309. The number of aliphatic hydroxyl groups is 1. The van der Waals surface area contributed by atoms with Crippen LogP contribution in [0, 0.1) is 30.7 Å². The Kier molecular flexibility index (Phi) is 13.4. The molecule has 0 saturated heterocycles. The summed E-state index contributed by atoms with van der Waals surface area (Å²) in [5.41, 5.74) is 5.05. The maximum Gasteiger partial charge on any atom is 0.416 e. The van der Waals surface area contributed by atoms with Crippen LogP contribution in [0.15, 0.2) is 103 Å². The van der Waals surface area contributed by atoms with Crippen molar-refractivity contribution in [2.45, 2.75) is 87.2 Å². The molecule has 2 N–H and O–H groups in total. The summed E-state index contributed by atoms with van der Waals surface area (Å²) >= 11 is 0. The van der Waals surface area contributed by atoms with Crippen LogP contribution in [0.5, 0.6) is 0 Å². The zero-order valence-electron chi connectivity index (χ0n) is 32.4. The van der Waals surface area contributed by atoms with Crippen molar-refractivity contribution in [3.8, 4) is 22.4 Å². The molecule has 1 heterocycles. The van der Waals surface area contributed by atoms with Crippen LogP contribution >= 0.6 is 0 Å². The van der Waals surface area contributed by atoms with Crippen LogP contribution in [0.2, 0.25) is 0 Å². The molecule has 1 radical (unpaired) electrons. The van der Waals surface area contributed by atoms with E-state index in [4.69, 9.17) is 0 Å². The fraction of sp³-hybridized carbons (Fsp3) is 0.319. The van der Waals surface area contributed by atoms with Gasteiger partial charge in [-0.1, -0.05) is 90.9 Å². The number of allylic oxidation sites excluding steroid dienone is 2. The number of halogens is 3. The first-order valence-corrected chi connectivity index (χ1v) is 18.5. The van der Waals surface area contributed by atoms with Gasteiger partial charge in [0.2, 0.25) is 0 Å². The average molecular weight is 910 g/mol. The number of ketones is 1. The van der Waals surface area contributed by atoms with Crippen molar-refractivity contribution >= 4 is 38.1 Å². The van der Waals surface area contributed by atoms with Gasteiger partial charge in [0, 0.05) is 31.7 Å².